The third-order valence-electron chi connectivity index (χ3n) is 13.0. The third-order valence-corrected chi connectivity index (χ3v) is 13.9. The van der Waals surface area contributed by atoms with Crippen molar-refractivity contribution in [3.8, 4) is 0 Å². The van der Waals surface area contributed by atoms with Gasteiger partial charge in [0.1, 0.15) is 19.8 Å². The van der Waals surface area contributed by atoms with Gasteiger partial charge in [-0.15, -0.1) is 0 Å². The van der Waals surface area contributed by atoms with E-state index in [0.29, 0.717) is 17.4 Å². The molecule has 0 rings (SSSR count). The van der Waals surface area contributed by atoms with E-state index in [1.807, 2.05) is 21.1 Å². The van der Waals surface area contributed by atoms with E-state index in [2.05, 4.69) is 135 Å². The molecule has 0 aliphatic heterocycles. The van der Waals surface area contributed by atoms with Crippen molar-refractivity contribution in [3.63, 3.8) is 0 Å². The topological polar surface area (TPSA) is 111 Å². The van der Waals surface area contributed by atoms with Crippen molar-refractivity contribution in [1.82, 2.24) is 0 Å². The Morgan fingerprint density at radius 2 is 0.731 bits per heavy atom. The molecule has 0 radical (unpaired) electrons. The first-order valence-corrected chi connectivity index (χ1v) is 32.7. The lowest BCUT2D eigenvalue weighted by Gasteiger charge is -2.28. The van der Waals surface area contributed by atoms with Crippen molar-refractivity contribution in [2.24, 2.45) is 0 Å². The molecule has 0 aliphatic rings. The Bertz CT molecular complexity index is 1730. The van der Waals surface area contributed by atoms with Crippen molar-refractivity contribution in [3.05, 3.63) is 122 Å². The fourth-order valence-electron chi connectivity index (χ4n) is 8.17. The Hall–Kier alpha value is -3.59. The number of esters is 2. The maximum atomic E-state index is 12.8. The molecule has 0 saturated heterocycles. The van der Waals surface area contributed by atoms with Crippen LogP contribution in [0.15, 0.2) is 122 Å². The molecular weight excluding hydrogens is 990 g/mol. The second-order valence-corrected chi connectivity index (χ2v) is 23.1. The summed E-state index contributed by atoms with van der Waals surface area (Å²) in [5, 5.41) is 0. The molecule has 446 valence electrons. The Labute approximate surface area is 479 Å². The highest BCUT2D eigenvalue weighted by Crippen LogP contribution is 2.38. The second kappa shape index (κ2) is 58.1. The van der Waals surface area contributed by atoms with Gasteiger partial charge < -0.3 is 27.9 Å². The number of carbonyl (C=O) groups is 2. The lowest BCUT2D eigenvalue weighted by Crippen LogP contribution is -2.37. The summed E-state index contributed by atoms with van der Waals surface area (Å²) in [6.07, 6.45) is 82.5. The molecule has 0 bridgehead atoms. The van der Waals surface area contributed by atoms with Gasteiger partial charge in [-0.05, 0) is 109 Å². The van der Waals surface area contributed by atoms with Crippen LogP contribution in [0.1, 0.15) is 245 Å². The molecule has 10 heteroatoms. The molecule has 0 aromatic carbocycles. The minimum atomic E-state index is -4.65. The molecular formula is C68H116NO8P. The van der Waals surface area contributed by atoms with Gasteiger partial charge in [-0.1, -0.05) is 245 Å². The Morgan fingerprint density at radius 3 is 1.09 bits per heavy atom. The summed E-state index contributed by atoms with van der Waals surface area (Å²) in [5.41, 5.74) is 0. The highest BCUT2D eigenvalue weighted by Gasteiger charge is 2.22. The maximum absolute atomic E-state index is 12.8. The number of rotatable bonds is 56. The van der Waals surface area contributed by atoms with Crippen LogP contribution in [0, 0.1) is 0 Å². The first-order valence-electron chi connectivity index (χ1n) is 31.2. The monoisotopic (exact) mass is 1110 g/mol. The standard InChI is InChI=1S/C68H116NO8P/c1-6-8-10-12-14-16-18-20-22-24-26-27-28-29-30-31-32-33-34-35-36-37-38-39-40-41-43-45-47-49-51-53-55-57-59-61-68(71)77-66(65-76-78(72,73)75-63-62-69(3,4)5)64-74-67(70)60-58-56-54-52-50-48-46-44-42-25-23-21-19-17-15-13-11-9-7-2/h8,10,14-17,20-23,26-27,29-30,32-33,35-36,38-39,66H,6-7,9,11-13,18-19,24-25,28,31,34,37,40-65H2,1-5H3/b10-8-,16-14-,17-15-,22-20-,23-21-,27-26-,30-29-,33-32-,36-35-,39-38-. The molecule has 0 spiro atoms. The van der Waals surface area contributed by atoms with Crippen LogP contribution in [0.2, 0.25) is 0 Å². The van der Waals surface area contributed by atoms with Crippen LogP contribution >= 0.6 is 7.82 Å². The number of hydrogen-bond donors (Lipinski definition) is 0. The van der Waals surface area contributed by atoms with E-state index >= 15 is 0 Å². The Balaban J connectivity index is 4.14. The molecule has 0 aromatic rings. The van der Waals surface area contributed by atoms with Crippen LogP contribution < -0.4 is 4.89 Å². The Kier molecular flexibility index (Phi) is 55.4. The van der Waals surface area contributed by atoms with Gasteiger partial charge >= 0.3 is 11.9 Å². The van der Waals surface area contributed by atoms with Crippen molar-refractivity contribution in [2.45, 2.75) is 251 Å². The lowest BCUT2D eigenvalue weighted by molar-refractivity contribution is -0.870. The number of likely N-dealkylation sites (N-methyl/N-ethyl adjacent to an activating group) is 1. The summed E-state index contributed by atoms with van der Waals surface area (Å²) < 4.78 is 34.2. The first kappa shape index (κ1) is 74.4. The maximum Gasteiger partial charge on any atom is 0.306 e. The number of nitrogens with zero attached hydrogens (tertiary/aromatic N) is 1. The summed E-state index contributed by atoms with van der Waals surface area (Å²) in [5.74, 6) is -0.847. The SMILES string of the molecule is CC/C=C\C/C=C\C/C=C\C/C=C\C/C=C\C/C=C\C/C=C\C/C=C\CCCCCCCCCCCCC(=O)OC(COC(=O)CCCCCCCCCCC/C=C\C/C=C\CCCCC)COP(=O)([O-])OCC[N+](C)(C)C. The van der Waals surface area contributed by atoms with Gasteiger partial charge in [0, 0.05) is 12.8 Å². The van der Waals surface area contributed by atoms with Crippen molar-refractivity contribution < 1.29 is 42.1 Å². The fourth-order valence-corrected chi connectivity index (χ4v) is 8.90. The molecule has 0 saturated carbocycles. The number of carbonyl (C=O) groups excluding carboxylic acids is 2. The van der Waals surface area contributed by atoms with Gasteiger partial charge in [0.05, 0.1) is 27.7 Å². The van der Waals surface area contributed by atoms with E-state index < -0.39 is 32.5 Å². The number of ether oxygens (including phenoxy) is 2. The molecule has 78 heavy (non-hydrogen) atoms. The number of quaternary nitrogens is 1. The van der Waals surface area contributed by atoms with Crippen LogP contribution in [0.3, 0.4) is 0 Å². The number of hydrogen-bond acceptors (Lipinski definition) is 8. The van der Waals surface area contributed by atoms with Gasteiger partial charge in [-0.25, -0.2) is 0 Å². The van der Waals surface area contributed by atoms with Gasteiger partial charge in [0.25, 0.3) is 7.82 Å². The highest BCUT2D eigenvalue weighted by atomic mass is 31.2. The van der Waals surface area contributed by atoms with Gasteiger partial charge in [0.2, 0.25) is 0 Å². The molecule has 0 heterocycles. The minimum absolute atomic E-state index is 0.0378. The lowest BCUT2D eigenvalue weighted by atomic mass is 10.0. The minimum Gasteiger partial charge on any atom is -0.756 e. The summed E-state index contributed by atoms with van der Waals surface area (Å²) in [4.78, 5) is 37.9. The van der Waals surface area contributed by atoms with Crippen LogP contribution in [0.4, 0.5) is 0 Å². The summed E-state index contributed by atoms with van der Waals surface area (Å²) >= 11 is 0. The van der Waals surface area contributed by atoms with Crippen LogP contribution in [0.25, 0.3) is 0 Å². The quantitative estimate of drug-likeness (QED) is 0.0195. The van der Waals surface area contributed by atoms with E-state index in [0.717, 1.165) is 116 Å². The molecule has 2 atom stereocenters. The average molecular weight is 1110 g/mol. The number of unbranched alkanes of at least 4 members (excludes halogenated alkanes) is 22. The molecule has 0 fully saturated rings. The van der Waals surface area contributed by atoms with Crippen molar-refractivity contribution in [2.75, 3.05) is 47.5 Å². The van der Waals surface area contributed by atoms with Gasteiger partial charge in [0.15, 0.2) is 6.10 Å². The van der Waals surface area contributed by atoms with E-state index in [-0.39, 0.29) is 26.1 Å². The van der Waals surface area contributed by atoms with Crippen LogP contribution in [-0.4, -0.2) is 70.0 Å². The highest BCUT2D eigenvalue weighted by molar-refractivity contribution is 7.45. The molecule has 0 N–H and O–H groups in total. The number of allylic oxidation sites excluding steroid dienone is 20. The van der Waals surface area contributed by atoms with E-state index in [1.165, 1.54) is 96.3 Å². The van der Waals surface area contributed by atoms with E-state index in [4.69, 9.17) is 18.5 Å². The zero-order valence-corrected chi connectivity index (χ0v) is 51.5. The zero-order chi connectivity index (χ0) is 57.0. The number of phosphoric ester groups is 1. The molecule has 0 aromatic heterocycles. The summed E-state index contributed by atoms with van der Waals surface area (Å²) in [7, 11) is 1.15. The molecule has 9 nitrogen and oxygen atoms in total. The van der Waals surface area contributed by atoms with Crippen molar-refractivity contribution >= 4 is 19.8 Å². The van der Waals surface area contributed by atoms with E-state index in [9.17, 15) is 19.0 Å². The fraction of sp³-hybridized carbons (Fsp3) is 0.676. The zero-order valence-electron chi connectivity index (χ0n) is 50.6. The van der Waals surface area contributed by atoms with Crippen LogP contribution in [-0.2, 0) is 32.7 Å². The second-order valence-electron chi connectivity index (χ2n) is 21.7. The predicted octanol–water partition coefficient (Wildman–Crippen LogP) is 19.3. The first-order chi connectivity index (χ1) is 38.0. The van der Waals surface area contributed by atoms with Gasteiger partial charge in [-0.2, -0.15) is 0 Å². The summed E-state index contributed by atoms with van der Waals surface area (Å²) in [6, 6.07) is 0. The molecule has 0 aliphatic carbocycles. The number of phosphoric acid groups is 1. The average Bonchev–Trinajstić information content (AvgIpc) is 3.41. The summed E-state index contributed by atoms with van der Waals surface area (Å²) in [6.45, 7) is 4.09. The normalized spacial score (nSPS) is 14.1. The Morgan fingerprint density at radius 1 is 0.410 bits per heavy atom. The largest absolute Gasteiger partial charge is 0.756 e. The predicted molar refractivity (Wildman–Crippen MR) is 332 cm³/mol. The van der Waals surface area contributed by atoms with E-state index in [1.54, 1.807) is 0 Å². The third kappa shape index (κ3) is 61.6. The van der Waals surface area contributed by atoms with Crippen LogP contribution in [0.5, 0.6) is 0 Å². The van der Waals surface area contributed by atoms with Crippen molar-refractivity contribution in [1.29, 1.82) is 0 Å². The van der Waals surface area contributed by atoms with Gasteiger partial charge in [-0.3, -0.25) is 14.2 Å². The molecule has 2 unspecified atom stereocenters. The smallest absolute Gasteiger partial charge is 0.306 e. The molecule has 0 amide bonds.